The molecule has 0 bridgehead atoms. The minimum absolute atomic E-state index is 0.108. The summed E-state index contributed by atoms with van der Waals surface area (Å²) in [6.07, 6.45) is 1.32. The lowest BCUT2D eigenvalue weighted by molar-refractivity contribution is -0.121. The lowest BCUT2D eigenvalue weighted by Crippen LogP contribution is -2.44. The molecule has 0 aliphatic carbocycles. The summed E-state index contributed by atoms with van der Waals surface area (Å²) in [5, 5.41) is 14.5. The standard InChI is InChI=1S/C12H18N2O4/c1-12(2,3)14-10(15)7-13-6-9-8(11(16)17)4-5-18-9/h4-5,13H,6-7H2,1-3H3,(H,14,15)(H,16,17). The Bertz CT molecular complexity index is 432. The molecule has 6 nitrogen and oxygen atoms in total. The van der Waals surface area contributed by atoms with Gasteiger partial charge in [-0.15, -0.1) is 0 Å². The Labute approximate surface area is 105 Å². The van der Waals surface area contributed by atoms with Crippen LogP contribution in [-0.4, -0.2) is 29.1 Å². The molecule has 1 amide bonds. The number of rotatable bonds is 5. The second kappa shape index (κ2) is 5.68. The van der Waals surface area contributed by atoms with Crippen molar-refractivity contribution < 1.29 is 19.1 Å². The Morgan fingerprint density at radius 3 is 2.61 bits per heavy atom. The fourth-order valence-corrected chi connectivity index (χ4v) is 1.42. The number of furan rings is 1. The molecular weight excluding hydrogens is 236 g/mol. The molecule has 1 aromatic rings. The molecule has 18 heavy (non-hydrogen) atoms. The molecule has 0 saturated heterocycles. The number of carboxylic acids is 1. The first-order valence-electron chi connectivity index (χ1n) is 5.61. The maximum Gasteiger partial charge on any atom is 0.339 e. The second-order valence-electron chi connectivity index (χ2n) is 4.96. The van der Waals surface area contributed by atoms with Crippen LogP contribution in [0.2, 0.25) is 0 Å². The first-order chi connectivity index (χ1) is 8.29. The van der Waals surface area contributed by atoms with E-state index in [9.17, 15) is 9.59 Å². The molecular formula is C12H18N2O4. The van der Waals surface area contributed by atoms with Crippen LogP contribution in [0.5, 0.6) is 0 Å². The van der Waals surface area contributed by atoms with E-state index in [4.69, 9.17) is 9.52 Å². The zero-order chi connectivity index (χ0) is 13.8. The highest BCUT2D eigenvalue weighted by Gasteiger charge is 2.15. The van der Waals surface area contributed by atoms with Gasteiger partial charge in [0.2, 0.25) is 5.91 Å². The monoisotopic (exact) mass is 254 g/mol. The Kier molecular flexibility index (Phi) is 4.49. The quantitative estimate of drug-likeness (QED) is 0.728. The van der Waals surface area contributed by atoms with Gasteiger partial charge in [0.05, 0.1) is 19.4 Å². The number of hydrogen-bond donors (Lipinski definition) is 3. The molecule has 0 atom stereocenters. The summed E-state index contributed by atoms with van der Waals surface area (Å²) in [4.78, 5) is 22.3. The van der Waals surface area contributed by atoms with Gasteiger partial charge in [0.25, 0.3) is 0 Å². The second-order valence-corrected chi connectivity index (χ2v) is 4.96. The first kappa shape index (κ1) is 14.2. The van der Waals surface area contributed by atoms with E-state index in [1.54, 1.807) is 0 Å². The van der Waals surface area contributed by atoms with E-state index in [0.717, 1.165) is 0 Å². The van der Waals surface area contributed by atoms with Crippen molar-refractivity contribution in [2.75, 3.05) is 6.54 Å². The van der Waals surface area contributed by atoms with Gasteiger partial charge in [0.15, 0.2) is 0 Å². The van der Waals surface area contributed by atoms with E-state index in [-0.39, 0.29) is 30.1 Å². The van der Waals surface area contributed by atoms with Crippen molar-refractivity contribution in [1.82, 2.24) is 10.6 Å². The van der Waals surface area contributed by atoms with Gasteiger partial charge < -0.3 is 20.2 Å². The largest absolute Gasteiger partial charge is 0.478 e. The molecule has 100 valence electrons. The molecule has 0 saturated carbocycles. The normalized spacial score (nSPS) is 11.3. The molecule has 3 N–H and O–H groups in total. The van der Waals surface area contributed by atoms with E-state index in [2.05, 4.69) is 10.6 Å². The highest BCUT2D eigenvalue weighted by Crippen LogP contribution is 2.09. The van der Waals surface area contributed by atoms with Gasteiger partial charge in [-0.1, -0.05) is 0 Å². The maximum absolute atomic E-state index is 11.5. The molecule has 6 heteroatoms. The maximum atomic E-state index is 11.5. The van der Waals surface area contributed by atoms with E-state index in [0.29, 0.717) is 5.76 Å². The van der Waals surface area contributed by atoms with Crippen LogP contribution in [0.15, 0.2) is 16.7 Å². The molecule has 0 aromatic carbocycles. The Morgan fingerprint density at radius 2 is 2.06 bits per heavy atom. The van der Waals surface area contributed by atoms with Gasteiger partial charge in [-0.3, -0.25) is 4.79 Å². The first-order valence-corrected chi connectivity index (χ1v) is 5.61. The molecule has 0 radical (unpaired) electrons. The minimum atomic E-state index is -1.04. The molecule has 1 aromatic heterocycles. The van der Waals surface area contributed by atoms with Crippen molar-refractivity contribution >= 4 is 11.9 Å². The third-order valence-electron chi connectivity index (χ3n) is 2.06. The average molecular weight is 254 g/mol. The molecule has 1 heterocycles. The van der Waals surface area contributed by atoms with Crippen molar-refractivity contribution in [1.29, 1.82) is 0 Å². The summed E-state index contributed by atoms with van der Waals surface area (Å²) in [7, 11) is 0. The van der Waals surface area contributed by atoms with Crippen LogP contribution >= 0.6 is 0 Å². The number of carboxylic acid groups (broad SMARTS) is 1. The zero-order valence-electron chi connectivity index (χ0n) is 10.7. The zero-order valence-corrected chi connectivity index (χ0v) is 10.7. The van der Waals surface area contributed by atoms with Gasteiger partial charge in [-0.25, -0.2) is 4.79 Å². The van der Waals surface area contributed by atoms with E-state index in [1.165, 1.54) is 12.3 Å². The minimum Gasteiger partial charge on any atom is -0.478 e. The van der Waals surface area contributed by atoms with Crippen LogP contribution in [0.1, 0.15) is 36.9 Å². The summed E-state index contributed by atoms with van der Waals surface area (Å²) in [5.41, 5.74) is -0.172. The fraction of sp³-hybridized carbons (Fsp3) is 0.500. The number of carbonyl (C=O) groups excluding carboxylic acids is 1. The number of aromatic carboxylic acids is 1. The van der Waals surface area contributed by atoms with Gasteiger partial charge in [-0.05, 0) is 26.8 Å². The van der Waals surface area contributed by atoms with Crippen molar-refractivity contribution in [2.24, 2.45) is 0 Å². The van der Waals surface area contributed by atoms with Gasteiger partial charge >= 0.3 is 5.97 Å². The van der Waals surface area contributed by atoms with Crippen LogP contribution in [0.25, 0.3) is 0 Å². The summed E-state index contributed by atoms with van der Waals surface area (Å²) in [6.45, 7) is 5.98. The Hall–Kier alpha value is -1.82. The summed E-state index contributed by atoms with van der Waals surface area (Å²) < 4.78 is 5.03. The highest BCUT2D eigenvalue weighted by molar-refractivity contribution is 5.88. The summed E-state index contributed by atoms with van der Waals surface area (Å²) in [5.74, 6) is -0.878. The molecule has 0 aliphatic heterocycles. The summed E-state index contributed by atoms with van der Waals surface area (Å²) in [6, 6.07) is 1.38. The number of carbonyl (C=O) groups is 2. The lowest BCUT2D eigenvalue weighted by atomic mass is 10.1. The molecule has 0 spiro atoms. The van der Waals surface area contributed by atoms with E-state index in [1.807, 2.05) is 20.8 Å². The van der Waals surface area contributed by atoms with Gasteiger partial charge in [0.1, 0.15) is 11.3 Å². The van der Waals surface area contributed by atoms with Crippen molar-refractivity contribution in [3.05, 3.63) is 23.7 Å². The number of amides is 1. The van der Waals surface area contributed by atoms with E-state index < -0.39 is 5.97 Å². The average Bonchev–Trinajstić information content (AvgIpc) is 2.62. The van der Waals surface area contributed by atoms with E-state index >= 15 is 0 Å². The van der Waals surface area contributed by atoms with Crippen molar-refractivity contribution in [3.63, 3.8) is 0 Å². The van der Waals surface area contributed by atoms with Gasteiger partial charge in [-0.2, -0.15) is 0 Å². The van der Waals surface area contributed by atoms with Crippen LogP contribution in [-0.2, 0) is 11.3 Å². The molecule has 0 unspecified atom stereocenters. The fourth-order valence-electron chi connectivity index (χ4n) is 1.42. The topological polar surface area (TPSA) is 91.6 Å². The van der Waals surface area contributed by atoms with Crippen molar-refractivity contribution in [3.8, 4) is 0 Å². The number of hydrogen-bond acceptors (Lipinski definition) is 4. The van der Waals surface area contributed by atoms with Crippen LogP contribution < -0.4 is 10.6 Å². The third-order valence-corrected chi connectivity index (χ3v) is 2.06. The smallest absolute Gasteiger partial charge is 0.339 e. The molecule has 1 rings (SSSR count). The highest BCUT2D eigenvalue weighted by atomic mass is 16.4. The predicted octanol–water partition coefficient (Wildman–Crippen LogP) is 0.982. The van der Waals surface area contributed by atoms with Crippen LogP contribution in [0, 0.1) is 0 Å². The van der Waals surface area contributed by atoms with Crippen molar-refractivity contribution in [2.45, 2.75) is 32.9 Å². The Morgan fingerprint density at radius 1 is 1.39 bits per heavy atom. The van der Waals surface area contributed by atoms with Gasteiger partial charge in [0, 0.05) is 5.54 Å². The Balaban J connectivity index is 2.40. The molecule has 0 fully saturated rings. The predicted molar refractivity (Wildman–Crippen MR) is 65.3 cm³/mol. The summed E-state index contributed by atoms with van der Waals surface area (Å²) >= 11 is 0. The lowest BCUT2D eigenvalue weighted by Gasteiger charge is -2.20. The number of nitrogens with one attached hydrogen (secondary N) is 2. The van der Waals surface area contributed by atoms with Crippen LogP contribution in [0.4, 0.5) is 0 Å². The third kappa shape index (κ3) is 4.58. The SMILES string of the molecule is CC(C)(C)NC(=O)CNCc1occc1C(=O)O. The molecule has 0 aliphatic rings. The van der Waals surface area contributed by atoms with Crippen LogP contribution in [0.3, 0.4) is 0 Å².